The van der Waals surface area contributed by atoms with Gasteiger partial charge in [0.15, 0.2) is 17.1 Å². The van der Waals surface area contributed by atoms with E-state index in [4.69, 9.17) is 4.74 Å². The average molecular weight is 457 g/mol. The fourth-order valence-electron chi connectivity index (χ4n) is 5.06. The largest absolute Gasteiger partial charge is 0.464 e. The Kier molecular flexibility index (Phi) is 5.98. The first-order valence-electron chi connectivity index (χ1n) is 11.7. The van der Waals surface area contributed by atoms with Crippen molar-refractivity contribution in [2.24, 2.45) is 0 Å². The van der Waals surface area contributed by atoms with E-state index in [0.29, 0.717) is 36.5 Å². The van der Waals surface area contributed by atoms with Gasteiger partial charge in [-0.05, 0) is 31.0 Å². The Morgan fingerprint density at radius 2 is 1.56 bits per heavy atom. The lowest BCUT2D eigenvalue weighted by molar-refractivity contribution is 0.0264. The van der Waals surface area contributed by atoms with Crippen LogP contribution >= 0.6 is 0 Å². The highest BCUT2D eigenvalue weighted by molar-refractivity contribution is 6.32. The number of piperazine rings is 1. The van der Waals surface area contributed by atoms with Gasteiger partial charge in [0.05, 0.1) is 12.3 Å². The number of carbonyl (C=O) groups is 2. The van der Waals surface area contributed by atoms with Gasteiger partial charge in [0.25, 0.3) is 0 Å². The summed E-state index contributed by atoms with van der Waals surface area (Å²) < 4.78 is 5.51. The predicted molar refractivity (Wildman–Crippen MR) is 128 cm³/mol. The first-order valence-corrected chi connectivity index (χ1v) is 11.7. The van der Waals surface area contributed by atoms with Gasteiger partial charge in [-0.3, -0.25) is 19.4 Å². The molecule has 0 unspecified atom stereocenters. The van der Waals surface area contributed by atoms with Crippen LogP contribution in [0, 0.1) is 6.92 Å². The van der Waals surface area contributed by atoms with Gasteiger partial charge in [0.2, 0.25) is 0 Å². The summed E-state index contributed by atoms with van der Waals surface area (Å²) in [6.07, 6.45) is 1.56. The number of rotatable bonds is 6. The minimum Gasteiger partial charge on any atom is -0.464 e. The SMILES string of the molecule is CCOc1nccc(C2(N3CCN(Cc4ccccc4C)CC3)C(=O)c3ccccc3C2=O)n1. The van der Waals surface area contributed by atoms with Crippen LogP contribution in [0.2, 0.25) is 0 Å². The quantitative estimate of drug-likeness (QED) is 0.527. The van der Waals surface area contributed by atoms with Crippen LogP contribution in [0.1, 0.15) is 44.5 Å². The number of aryl methyl sites for hydroxylation is 1. The van der Waals surface area contributed by atoms with Crippen LogP contribution in [0.15, 0.2) is 60.8 Å². The Morgan fingerprint density at radius 1 is 0.912 bits per heavy atom. The fraction of sp³-hybridized carbons (Fsp3) is 0.333. The number of carbonyl (C=O) groups excluding carboxylic acids is 2. The van der Waals surface area contributed by atoms with Gasteiger partial charge in [-0.25, -0.2) is 4.98 Å². The van der Waals surface area contributed by atoms with Gasteiger partial charge in [-0.2, -0.15) is 4.98 Å². The molecule has 1 aromatic heterocycles. The second-order valence-corrected chi connectivity index (χ2v) is 8.76. The zero-order valence-corrected chi connectivity index (χ0v) is 19.5. The topological polar surface area (TPSA) is 75.6 Å². The zero-order valence-electron chi connectivity index (χ0n) is 19.5. The molecule has 2 aliphatic rings. The Morgan fingerprint density at radius 3 is 2.21 bits per heavy atom. The second-order valence-electron chi connectivity index (χ2n) is 8.76. The van der Waals surface area contributed by atoms with Gasteiger partial charge in [-0.15, -0.1) is 0 Å². The van der Waals surface area contributed by atoms with E-state index >= 15 is 0 Å². The Bertz CT molecular complexity index is 1200. The standard InChI is InChI=1S/C27H28N4O3/c1-3-34-26-28-13-12-23(29-26)27(24(32)21-10-6-7-11-22(21)25(27)33)31-16-14-30(15-17-31)18-20-9-5-4-8-19(20)2/h4-13H,3,14-18H2,1-2H3. The minimum absolute atomic E-state index is 0.175. The molecular formula is C27H28N4O3. The molecule has 0 spiro atoms. The van der Waals surface area contributed by atoms with Crippen LogP contribution in [0.25, 0.3) is 0 Å². The molecule has 0 radical (unpaired) electrons. The highest BCUT2D eigenvalue weighted by Crippen LogP contribution is 2.42. The number of fused-ring (bicyclic) bond motifs is 1. The van der Waals surface area contributed by atoms with Gasteiger partial charge in [0, 0.05) is 50.0 Å². The molecule has 0 N–H and O–H groups in total. The van der Waals surface area contributed by atoms with Crippen molar-refractivity contribution < 1.29 is 14.3 Å². The molecule has 0 amide bonds. The molecule has 1 fully saturated rings. The molecule has 0 saturated carbocycles. The number of Topliss-reactive ketones (excluding diaryl/α,β-unsaturated/α-hetero) is 2. The number of aromatic nitrogens is 2. The highest BCUT2D eigenvalue weighted by Gasteiger charge is 2.59. The normalized spacial score (nSPS) is 18.2. The van der Waals surface area contributed by atoms with Crippen molar-refractivity contribution in [3.8, 4) is 6.01 Å². The second kappa shape index (κ2) is 9.08. The fourth-order valence-corrected chi connectivity index (χ4v) is 5.06. The third kappa shape index (κ3) is 3.61. The van der Waals surface area contributed by atoms with Crippen molar-refractivity contribution >= 4 is 11.6 Å². The molecule has 0 atom stereocenters. The number of hydrogen-bond donors (Lipinski definition) is 0. The smallest absolute Gasteiger partial charge is 0.316 e. The van der Waals surface area contributed by atoms with Crippen molar-refractivity contribution in [3.63, 3.8) is 0 Å². The van der Waals surface area contributed by atoms with Crippen LogP contribution in [0.3, 0.4) is 0 Å². The van der Waals surface area contributed by atoms with Gasteiger partial charge in [0.1, 0.15) is 0 Å². The van der Waals surface area contributed by atoms with E-state index in [1.165, 1.54) is 11.1 Å². The van der Waals surface area contributed by atoms with Crippen molar-refractivity contribution in [2.45, 2.75) is 25.9 Å². The highest BCUT2D eigenvalue weighted by atomic mass is 16.5. The lowest BCUT2D eigenvalue weighted by Crippen LogP contribution is -2.60. The lowest BCUT2D eigenvalue weighted by Gasteiger charge is -2.43. The van der Waals surface area contributed by atoms with Crippen molar-refractivity contribution in [3.05, 3.63) is 88.7 Å². The molecule has 2 heterocycles. The number of ketones is 2. The molecular weight excluding hydrogens is 428 g/mol. The molecule has 5 rings (SSSR count). The lowest BCUT2D eigenvalue weighted by atomic mass is 9.86. The van der Waals surface area contributed by atoms with E-state index in [9.17, 15) is 9.59 Å². The summed E-state index contributed by atoms with van der Waals surface area (Å²) in [5.41, 5.74) is 2.35. The molecule has 174 valence electrons. The number of benzene rings is 2. The van der Waals surface area contributed by atoms with Crippen LogP contribution in [-0.4, -0.2) is 64.1 Å². The molecule has 0 bridgehead atoms. The molecule has 3 aromatic rings. The van der Waals surface area contributed by atoms with Crippen LogP contribution in [-0.2, 0) is 12.1 Å². The van der Waals surface area contributed by atoms with Gasteiger partial charge in [-0.1, -0.05) is 48.5 Å². The molecule has 7 nitrogen and oxygen atoms in total. The first kappa shape index (κ1) is 22.4. The molecule has 2 aromatic carbocycles. The first-order chi connectivity index (χ1) is 16.6. The summed E-state index contributed by atoms with van der Waals surface area (Å²) in [5, 5.41) is 0. The molecule has 34 heavy (non-hydrogen) atoms. The summed E-state index contributed by atoms with van der Waals surface area (Å²) in [7, 11) is 0. The third-order valence-corrected chi connectivity index (χ3v) is 6.85. The summed E-state index contributed by atoms with van der Waals surface area (Å²) in [6, 6.07) is 17.3. The van der Waals surface area contributed by atoms with Crippen LogP contribution in [0.5, 0.6) is 6.01 Å². The van der Waals surface area contributed by atoms with E-state index < -0.39 is 5.54 Å². The van der Waals surface area contributed by atoms with Crippen molar-refractivity contribution in [1.29, 1.82) is 0 Å². The number of ether oxygens (including phenoxy) is 1. The molecule has 1 saturated heterocycles. The maximum Gasteiger partial charge on any atom is 0.316 e. The van der Waals surface area contributed by atoms with Gasteiger partial charge < -0.3 is 4.74 Å². The van der Waals surface area contributed by atoms with Crippen molar-refractivity contribution in [1.82, 2.24) is 19.8 Å². The summed E-state index contributed by atoms with van der Waals surface area (Å²) in [4.78, 5) is 41.0. The Balaban J connectivity index is 1.49. The Hall–Kier alpha value is -3.42. The van der Waals surface area contributed by atoms with Crippen LogP contribution in [0.4, 0.5) is 0 Å². The van der Waals surface area contributed by atoms with Crippen LogP contribution < -0.4 is 4.74 Å². The number of hydrogen-bond acceptors (Lipinski definition) is 7. The summed E-state index contributed by atoms with van der Waals surface area (Å²) in [5.74, 6) is -0.441. The van der Waals surface area contributed by atoms with E-state index in [1.54, 1.807) is 36.5 Å². The molecule has 7 heteroatoms. The average Bonchev–Trinajstić information content (AvgIpc) is 3.09. The molecule has 1 aliphatic heterocycles. The molecule has 1 aliphatic carbocycles. The van der Waals surface area contributed by atoms with E-state index in [2.05, 4.69) is 40.0 Å². The number of nitrogens with zero attached hydrogens (tertiary/aromatic N) is 4. The minimum atomic E-state index is -1.49. The van der Waals surface area contributed by atoms with E-state index in [-0.39, 0.29) is 17.6 Å². The zero-order chi connectivity index (χ0) is 23.7. The van der Waals surface area contributed by atoms with E-state index in [0.717, 1.165) is 19.6 Å². The summed E-state index contributed by atoms with van der Waals surface area (Å²) >= 11 is 0. The maximum atomic E-state index is 13.9. The third-order valence-electron chi connectivity index (χ3n) is 6.85. The van der Waals surface area contributed by atoms with Gasteiger partial charge >= 0.3 is 6.01 Å². The Labute approximate surface area is 199 Å². The predicted octanol–water partition coefficient (Wildman–Crippen LogP) is 3.28. The maximum absolute atomic E-state index is 13.9. The van der Waals surface area contributed by atoms with E-state index in [1.807, 2.05) is 17.9 Å². The van der Waals surface area contributed by atoms with Crippen molar-refractivity contribution in [2.75, 3.05) is 32.8 Å². The summed E-state index contributed by atoms with van der Waals surface area (Å²) in [6.45, 7) is 7.86. The monoisotopic (exact) mass is 456 g/mol.